The Kier molecular flexibility index (Phi) is 4.67. The van der Waals surface area contributed by atoms with Crippen molar-refractivity contribution in [3.8, 4) is 0 Å². The fourth-order valence-electron chi connectivity index (χ4n) is 2.79. The van der Waals surface area contributed by atoms with E-state index in [0.29, 0.717) is 24.5 Å². The van der Waals surface area contributed by atoms with E-state index in [9.17, 15) is 5.11 Å². The van der Waals surface area contributed by atoms with E-state index in [0.717, 1.165) is 25.9 Å². The highest BCUT2D eigenvalue weighted by molar-refractivity contribution is 4.84. The zero-order valence-electron chi connectivity index (χ0n) is 9.90. The summed E-state index contributed by atoms with van der Waals surface area (Å²) in [7, 11) is 0. The second-order valence-electron chi connectivity index (χ2n) is 5.00. The first-order valence-electron chi connectivity index (χ1n) is 6.52. The summed E-state index contributed by atoms with van der Waals surface area (Å²) in [5, 5.41) is 12.7. The van der Waals surface area contributed by atoms with Crippen molar-refractivity contribution in [1.82, 2.24) is 5.32 Å². The van der Waals surface area contributed by atoms with Crippen molar-refractivity contribution in [1.29, 1.82) is 0 Å². The van der Waals surface area contributed by atoms with Crippen LogP contribution in [0.1, 0.15) is 32.1 Å². The molecule has 1 aliphatic carbocycles. The lowest BCUT2D eigenvalue weighted by Crippen LogP contribution is -2.34. The lowest BCUT2D eigenvalue weighted by molar-refractivity contribution is 0.119. The Balaban J connectivity index is 1.62. The summed E-state index contributed by atoms with van der Waals surface area (Å²) in [4.78, 5) is 0. The summed E-state index contributed by atoms with van der Waals surface area (Å²) in [6.45, 7) is 2.34. The zero-order chi connectivity index (χ0) is 11.2. The summed E-state index contributed by atoms with van der Waals surface area (Å²) in [5.74, 6) is 1.20. The van der Waals surface area contributed by atoms with Gasteiger partial charge in [-0.1, -0.05) is 6.42 Å². The third-order valence-electron chi connectivity index (χ3n) is 3.85. The smallest absolute Gasteiger partial charge is 0.110 e. The van der Waals surface area contributed by atoms with Gasteiger partial charge < -0.3 is 15.2 Å². The molecule has 1 heterocycles. The molecule has 3 unspecified atom stereocenters. The molecule has 3 nitrogen and oxygen atoms in total. The lowest BCUT2D eigenvalue weighted by Gasteiger charge is -2.22. The molecule has 0 aromatic rings. The Labute approximate surface area is 97.9 Å². The number of nitrogens with one attached hydrogen (secondary N) is 1. The summed E-state index contributed by atoms with van der Waals surface area (Å²) >= 11 is 0. The van der Waals surface area contributed by atoms with Crippen LogP contribution in [0.25, 0.3) is 0 Å². The van der Waals surface area contributed by atoms with E-state index >= 15 is 0 Å². The fraction of sp³-hybridized carbons (Fsp3) is 0.846. The van der Waals surface area contributed by atoms with Crippen molar-refractivity contribution in [2.75, 3.05) is 19.7 Å². The summed E-state index contributed by atoms with van der Waals surface area (Å²) in [5.41, 5.74) is 0. The van der Waals surface area contributed by atoms with Crippen LogP contribution >= 0.6 is 0 Å². The molecule has 0 radical (unpaired) electrons. The van der Waals surface area contributed by atoms with Gasteiger partial charge in [-0.15, -0.1) is 0 Å². The van der Waals surface area contributed by atoms with Gasteiger partial charge in [0.05, 0.1) is 6.26 Å². The maximum Gasteiger partial charge on any atom is 0.110 e. The quantitative estimate of drug-likeness (QED) is 0.748. The van der Waals surface area contributed by atoms with Crippen molar-refractivity contribution < 1.29 is 9.84 Å². The van der Waals surface area contributed by atoms with E-state index in [4.69, 9.17) is 4.74 Å². The third-order valence-corrected chi connectivity index (χ3v) is 3.85. The Morgan fingerprint density at radius 2 is 2.06 bits per heavy atom. The van der Waals surface area contributed by atoms with Crippen LogP contribution in [-0.2, 0) is 4.74 Å². The largest absolute Gasteiger partial charge is 0.497 e. The van der Waals surface area contributed by atoms with Crippen molar-refractivity contribution >= 4 is 0 Å². The van der Waals surface area contributed by atoms with E-state index in [-0.39, 0.29) is 0 Å². The molecule has 3 heteroatoms. The minimum absolute atomic E-state index is 0.346. The number of allylic oxidation sites excluding steroid dienone is 1. The highest BCUT2D eigenvalue weighted by Crippen LogP contribution is 2.30. The average molecular weight is 225 g/mol. The number of rotatable bonds is 5. The van der Waals surface area contributed by atoms with Crippen LogP contribution in [0.3, 0.4) is 0 Å². The van der Waals surface area contributed by atoms with E-state index in [1.54, 1.807) is 0 Å². The number of aliphatic hydroxyl groups is 1. The second-order valence-corrected chi connectivity index (χ2v) is 5.00. The molecule has 0 saturated heterocycles. The highest BCUT2D eigenvalue weighted by Gasteiger charge is 2.26. The molecule has 0 aromatic carbocycles. The van der Waals surface area contributed by atoms with E-state index < -0.39 is 0 Å². The van der Waals surface area contributed by atoms with Crippen LogP contribution < -0.4 is 5.32 Å². The maximum atomic E-state index is 9.22. The van der Waals surface area contributed by atoms with E-state index in [1.807, 2.05) is 6.26 Å². The minimum atomic E-state index is 0.346. The summed E-state index contributed by atoms with van der Waals surface area (Å²) < 4.78 is 5.50. The normalized spacial score (nSPS) is 33.9. The standard InChI is InChI=1S/C13H23NO2/c15-10-12-5-3-4-11(12)8-14-9-13-6-1-2-7-16-13/h2,7,11-15H,1,3-6,8-10H2. The molecule has 3 atom stereocenters. The monoisotopic (exact) mass is 225 g/mol. The first-order chi connectivity index (χ1) is 7.90. The molecule has 1 saturated carbocycles. The van der Waals surface area contributed by atoms with Gasteiger partial charge in [0, 0.05) is 13.2 Å². The Morgan fingerprint density at radius 3 is 2.81 bits per heavy atom. The molecule has 2 aliphatic rings. The van der Waals surface area contributed by atoms with Gasteiger partial charge >= 0.3 is 0 Å². The Morgan fingerprint density at radius 1 is 1.19 bits per heavy atom. The van der Waals surface area contributed by atoms with Crippen molar-refractivity contribution in [2.24, 2.45) is 11.8 Å². The van der Waals surface area contributed by atoms with Gasteiger partial charge in [0.25, 0.3) is 0 Å². The van der Waals surface area contributed by atoms with Crippen LogP contribution in [0.5, 0.6) is 0 Å². The molecule has 2 N–H and O–H groups in total. The molecule has 2 rings (SSSR count). The van der Waals surface area contributed by atoms with Gasteiger partial charge in [0.1, 0.15) is 6.10 Å². The molecule has 1 fully saturated rings. The van der Waals surface area contributed by atoms with Gasteiger partial charge in [-0.3, -0.25) is 0 Å². The number of hydrogen-bond donors (Lipinski definition) is 2. The number of hydrogen-bond acceptors (Lipinski definition) is 3. The van der Waals surface area contributed by atoms with Gasteiger partial charge in [-0.05, 0) is 50.1 Å². The van der Waals surface area contributed by atoms with Crippen molar-refractivity contribution in [3.63, 3.8) is 0 Å². The van der Waals surface area contributed by atoms with Crippen LogP contribution in [0, 0.1) is 11.8 Å². The van der Waals surface area contributed by atoms with Crippen molar-refractivity contribution in [2.45, 2.75) is 38.2 Å². The minimum Gasteiger partial charge on any atom is -0.497 e. The average Bonchev–Trinajstić information content (AvgIpc) is 2.78. The Hall–Kier alpha value is -0.540. The molecule has 0 spiro atoms. The Bertz CT molecular complexity index is 230. The second kappa shape index (κ2) is 6.26. The van der Waals surface area contributed by atoms with Crippen LogP contribution in [0.4, 0.5) is 0 Å². The van der Waals surface area contributed by atoms with Crippen LogP contribution in [0.2, 0.25) is 0 Å². The maximum absolute atomic E-state index is 9.22. The predicted octanol–water partition coefficient (Wildman–Crippen LogP) is 1.68. The molecule has 0 aromatic heterocycles. The fourth-order valence-corrected chi connectivity index (χ4v) is 2.79. The molecule has 92 valence electrons. The predicted molar refractivity (Wildman–Crippen MR) is 64.0 cm³/mol. The number of aliphatic hydroxyl groups excluding tert-OH is 1. The third kappa shape index (κ3) is 3.22. The molecule has 0 amide bonds. The molecule has 1 aliphatic heterocycles. The molecular weight excluding hydrogens is 202 g/mol. The van der Waals surface area contributed by atoms with Gasteiger partial charge in [-0.25, -0.2) is 0 Å². The van der Waals surface area contributed by atoms with E-state index in [2.05, 4.69) is 11.4 Å². The number of ether oxygens (including phenoxy) is 1. The first-order valence-corrected chi connectivity index (χ1v) is 6.52. The SMILES string of the molecule is OCC1CCCC1CNCC1CCC=CO1. The zero-order valence-corrected chi connectivity index (χ0v) is 9.90. The summed E-state index contributed by atoms with van der Waals surface area (Å²) in [6, 6.07) is 0. The van der Waals surface area contributed by atoms with Gasteiger partial charge in [0.2, 0.25) is 0 Å². The van der Waals surface area contributed by atoms with Crippen molar-refractivity contribution in [3.05, 3.63) is 12.3 Å². The van der Waals surface area contributed by atoms with Gasteiger partial charge in [0.15, 0.2) is 0 Å². The molecule has 16 heavy (non-hydrogen) atoms. The lowest BCUT2D eigenvalue weighted by atomic mass is 9.97. The van der Waals surface area contributed by atoms with E-state index in [1.165, 1.54) is 19.3 Å². The molecule has 0 bridgehead atoms. The van der Waals surface area contributed by atoms with Crippen LogP contribution in [-0.4, -0.2) is 30.9 Å². The topological polar surface area (TPSA) is 41.5 Å². The molecular formula is C13H23NO2. The first kappa shape index (κ1) is 11.9. The highest BCUT2D eigenvalue weighted by atomic mass is 16.5. The summed E-state index contributed by atoms with van der Waals surface area (Å²) in [6.07, 6.45) is 10.2. The van der Waals surface area contributed by atoms with Crippen LogP contribution in [0.15, 0.2) is 12.3 Å². The van der Waals surface area contributed by atoms with Gasteiger partial charge in [-0.2, -0.15) is 0 Å².